The number of carbonyl (C=O) groups excluding carboxylic acids is 1. The Morgan fingerprint density at radius 1 is 1.40 bits per heavy atom. The van der Waals surface area contributed by atoms with Crippen LogP contribution in [0.25, 0.3) is 0 Å². The number of benzene rings is 1. The van der Waals surface area contributed by atoms with Gasteiger partial charge in [0.15, 0.2) is 0 Å². The van der Waals surface area contributed by atoms with Gasteiger partial charge in [-0.05, 0) is 38.3 Å². The zero-order valence-corrected chi connectivity index (χ0v) is 12.6. The van der Waals surface area contributed by atoms with E-state index in [9.17, 15) is 4.79 Å². The van der Waals surface area contributed by atoms with Gasteiger partial charge in [0.1, 0.15) is 5.75 Å². The second-order valence-corrected chi connectivity index (χ2v) is 5.44. The van der Waals surface area contributed by atoms with Crippen molar-refractivity contribution in [2.75, 3.05) is 26.7 Å². The van der Waals surface area contributed by atoms with Crippen LogP contribution < -0.4 is 10.1 Å². The van der Waals surface area contributed by atoms with E-state index in [0.717, 1.165) is 37.2 Å². The van der Waals surface area contributed by atoms with Crippen LogP contribution in [0, 0.1) is 6.92 Å². The fourth-order valence-electron chi connectivity index (χ4n) is 2.60. The van der Waals surface area contributed by atoms with Crippen LogP contribution in [0.5, 0.6) is 5.75 Å². The van der Waals surface area contributed by atoms with Gasteiger partial charge in [0.05, 0.1) is 13.7 Å². The van der Waals surface area contributed by atoms with Crippen molar-refractivity contribution in [3.63, 3.8) is 0 Å². The topological polar surface area (TPSA) is 41.6 Å². The Hall–Kier alpha value is -1.55. The van der Waals surface area contributed by atoms with E-state index in [-0.39, 0.29) is 11.9 Å². The first-order valence-corrected chi connectivity index (χ1v) is 7.27. The molecule has 1 N–H and O–H groups in total. The Balaban J connectivity index is 1.94. The highest BCUT2D eigenvalue weighted by Gasteiger charge is 2.19. The van der Waals surface area contributed by atoms with Crippen molar-refractivity contribution in [2.45, 2.75) is 32.7 Å². The van der Waals surface area contributed by atoms with Gasteiger partial charge >= 0.3 is 0 Å². The normalized spacial score (nSPS) is 16.2. The maximum Gasteiger partial charge on any atom is 0.236 e. The summed E-state index contributed by atoms with van der Waals surface area (Å²) in [6.45, 7) is 6.30. The molecule has 0 radical (unpaired) electrons. The van der Waals surface area contributed by atoms with E-state index in [0.29, 0.717) is 6.54 Å². The number of nitrogens with zero attached hydrogens (tertiary/aromatic N) is 1. The van der Waals surface area contributed by atoms with E-state index in [4.69, 9.17) is 4.74 Å². The predicted octanol–water partition coefficient (Wildman–Crippen LogP) is 2.28. The third kappa shape index (κ3) is 3.51. The van der Waals surface area contributed by atoms with E-state index in [1.165, 1.54) is 5.56 Å². The molecule has 1 amide bonds. The van der Waals surface area contributed by atoms with Crippen LogP contribution in [-0.4, -0.2) is 37.6 Å². The molecule has 4 heteroatoms. The molecule has 110 valence electrons. The smallest absolute Gasteiger partial charge is 0.236 e. The highest BCUT2D eigenvalue weighted by molar-refractivity contribution is 5.78. The minimum Gasteiger partial charge on any atom is -0.496 e. The minimum atomic E-state index is 0.0945. The Kier molecular flexibility index (Phi) is 5.01. The lowest BCUT2D eigenvalue weighted by Crippen LogP contribution is -2.37. The van der Waals surface area contributed by atoms with Gasteiger partial charge in [0.25, 0.3) is 0 Å². The predicted molar refractivity (Wildman–Crippen MR) is 80.0 cm³/mol. The van der Waals surface area contributed by atoms with Gasteiger partial charge in [-0.3, -0.25) is 4.79 Å². The van der Waals surface area contributed by atoms with Gasteiger partial charge in [0.2, 0.25) is 5.91 Å². The number of hydrogen-bond acceptors (Lipinski definition) is 3. The number of nitrogens with one attached hydrogen (secondary N) is 1. The second-order valence-electron chi connectivity index (χ2n) is 5.44. The number of hydrogen-bond donors (Lipinski definition) is 1. The van der Waals surface area contributed by atoms with Gasteiger partial charge in [-0.25, -0.2) is 0 Å². The van der Waals surface area contributed by atoms with Gasteiger partial charge in [-0.15, -0.1) is 0 Å². The van der Waals surface area contributed by atoms with Crippen LogP contribution in [0.3, 0.4) is 0 Å². The largest absolute Gasteiger partial charge is 0.496 e. The van der Waals surface area contributed by atoms with Crippen molar-refractivity contribution in [3.8, 4) is 5.75 Å². The van der Waals surface area contributed by atoms with Crippen LogP contribution >= 0.6 is 0 Å². The van der Waals surface area contributed by atoms with Crippen LogP contribution in [-0.2, 0) is 4.79 Å². The van der Waals surface area contributed by atoms with Crippen molar-refractivity contribution >= 4 is 5.91 Å². The summed E-state index contributed by atoms with van der Waals surface area (Å²) in [5, 5.41) is 3.30. The molecule has 0 spiro atoms. The fourth-order valence-corrected chi connectivity index (χ4v) is 2.60. The Labute approximate surface area is 121 Å². The first-order valence-electron chi connectivity index (χ1n) is 7.27. The fraction of sp³-hybridized carbons (Fsp3) is 0.562. The molecule has 20 heavy (non-hydrogen) atoms. The van der Waals surface area contributed by atoms with Gasteiger partial charge < -0.3 is 15.0 Å². The first-order chi connectivity index (χ1) is 9.61. The Morgan fingerprint density at radius 3 is 2.75 bits per heavy atom. The molecule has 1 aliphatic rings. The number of methoxy groups -OCH3 is 1. The molecule has 1 heterocycles. The van der Waals surface area contributed by atoms with Crippen molar-refractivity contribution in [1.29, 1.82) is 0 Å². The molecule has 0 aromatic heterocycles. The van der Waals surface area contributed by atoms with Crippen molar-refractivity contribution in [1.82, 2.24) is 10.2 Å². The molecule has 1 fully saturated rings. The van der Waals surface area contributed by atoms with Crippen LogP contribution in [0.15, 0.2) is 18.2 Å². The lowest BCUT2D eigenvalue weighted by atomic mass is 10.0. The first kappa shape index (κ1) is 14.9. The number of ether oxygens (including phenoxy) is 1. The lowest BCUT2D eigenvalue weighted by molar-refractivity contribution is -0.129. The third-order valence-electron chi connectivity index (χ3n) is 3.87. The summed E-state index contributed by atoms with van der Waals surface area (Å²) in [4.78, 5) is 14.0. The molecule has 4 nitrogen and oxygen atoms in total. The molecule has 1 aromatic carbocycles. The SMILES string of the molecule is COc1cc(C)ccc1C(C)NCC(=O)N1CCCC1. The number of amides is 1. The summed E-state index contributed by atoms with van der Waals surface area (Å²) < 4.78 is 5.42. The maximum absolute atomic E-state index is 12.0. The molecule has 1 aromatic rings. The van der Waals surface area contributed by atoms with Gasteiger partial charge in [-0.1, -0.05) is 12.1 Å². The number of rotatable bonds is 5. The number of carbonyl (C=O) groups is 1. The lowest BCUT2D eigenvalue weighted by Gasteiger charge is -2.20. The van der Waals surface area contributed by atoms with E-state index in [1.54, 1.807) is 7.11 Å². The third-order valence-corrected chi connectivity index (χ3v) is 3.87. The second kappa shape index (κ2) is 6.75. The summed E-state index contributed by atoms with van der Waals surface area (Å²) >= 11 is 0. The van der Waals surface area contributed by atoms with E-state index >= 15 is 0 Å². The minimum absolute atomic E-state index is 0.0945. The molecule has 0 bridgehead atoms. The van der Waals surface area contributed by atoms with Crippen molar-refractivity contribution in [2.24, 2.45) is 0 Å². The van der Waals surface area contributed by atoms with Gasteiger partial charge in [0, 0.05) is 24.7 Å². The number of aryl methyl sites for hydroxylation is 1. The van der Waals surface area contributed by atoms with E-state index in [1.807, 2.05) is 17.9 Å². The Bertz CT molecular complexity index is 468. The standard InChI is InChI=1S/C16H24N2O2/c1-12-6-7-14(15(10-12)20-3)13(2)17-11-16(19)18-8-4-5-9-18/h6-7,10,13,17H,4-5,8-9,11H2,1-3H3. The van der Waals surface area contributed by atoms with Crippen LogP contribution in [0.1, 0.15) is 36.9 Å². The Morgan fingerprint density at radius 2 is 2.10 bits per heavy atom. The summed E-state index contributed by atoms with van der Waals surface area (Å²) in [7, 11) is 1.68. The highest BCUT2D eigenvalue weighted by atomic mass is 16.5. The summed E-state index contributed by atoms with van der Waals surface area (Å²) in [5.41, 5.74) is 2.26. The van der Waals surface area contributed by atoms with Crippen molar-refractivity contribution in [3.05, 3.63) is 29.3 Å². The molecule has 0 aliphatic carbocycles. The molecule has 0 saturated carbocycles. The highest BCUT2D eigenvalue weighted by Crippen LogP contribution is 2.25. The zero-order chi connectivity index (χ0) is 14.5. The summed E-state index contributed by atoms with van der Waals surface area (Å²) in [6, 6.07) is 6.25. The molecule has 2 rings (SSSR count). The van der Waals surface area contributed by atoms with Crippen LogP contribution in [0.4, 0.5) is 0 Å². The average molecular weight is 276 g/mol. The van der Waals surface area contributed by atoms with Crippen molar-refractivity contribution < 1.29 is 9.53 Å². The summed E-state index contributed by atoms with van der Waals surface area (Å²) in [5.74, 6) is 1.07. The number of likely N-dealkylation sites (tertiary alicyclic amines) is 1. The monoisotopic (exact) mass is 276 g/mol. The van der Waals surface area contributed by atoms with Crippen LogP contribution in [0.2, 0.25) is 0 Å². The average Bonchev–Trinajstić information content (AvgIpc) is 2.98. The molecular weight excluding hydrogens is 252 g/mol. The molecule has 1 aliphatic heterocycles. The molecular formula is C16H24N2O2. The van der Waals surface area contributed by atoms with E-state index < -0.39 is 0 Å². The maximum atomic E-state index is 12.0. The molecule has 1 atom stereocenters. The zero-order valence-electron chi connectivity index (χ0n) is 12.6. The van der Waals surface area contributed by atoms with Gasteiger partial charge in [-0.2, -0.15) is 0 Å². The van der Waals surface area contributed by atoms with E-state index in [2.05, 4.69) is 24.4 Å². The summed E-state index contributed by atoms with van der Waals surface area (Å²) in [6.07, 6.45) is 2.26. The molecule has 1 saturated heterocycles. The molecule has 1 unspecified atom stereocenters. The quantitative estimate of drug-likeness (QED) is 0.897.